The van der Waals surface area contributed by atoms with E-state index in [-0.39, 0.29) is 19.8 Å². The molecule has 0 saturated carbocycles. The van der Waals surface area contributed by atoms with Crippen molar-refractivity contribution >= 4 is 11.9 Å². The molecule has 0 aliphatic carbocycles. The molecular formula is C18H15N3O6. The highest BCUT2D eigenvalue weighted by Crippen LogP contribution is 2.30. The first-order valence-corrected chi connectivity index (χ1v) is 7.96. The molecule has 3 N–H and O–H groups in total. The molecule has 0 spiro atoms. The van der Waals surface area contributed by atoms with Gasteiger partial charge in [0.2, 0.25) is 0 Å². The number of carboxylic acid groups (broad SMARTS) is 1. The minimum atomic E-state index is -1.28. The number of carbonyl (C=O) groups is 2. The molecule has 1 aromatic heterocycles. The molecule has 0 fully saturated rings. The van der Waals surface area contributed by atoms with Crippen molar-refractivity contribution in [1.82, 2.24) is 9.88 Å². The lowest BCUT2D eigenvalue weighted by Crippen LogP contribution is -2.37. The van der Waals surface area contributed by atoms with E-state index in [9.17, 15) is 19.5 Å². The van der Waals surface area contributed by atoms with Gasteiger partial charge in [0.1, 0.15) is 17.9 Å². The maximum Gasteiger partial charge on any atom is 0.322 e. The zero-order chi connectivity index (χ0) is 19.6. The number of aliphatic carboxylic acids is 1. The molecule has 1 aromatic carbocycles. The van der Waals surface area contributed by atoms with Crippen LogP contribution in [0.15, 0.2) is 29.1 Å². The number of carbonyl (C=O) groups excluding carboxylic acids is 1. The van der Waals surface area contributed by atoms with E-state index >= 15 is 0 Å². The van der Waals surface area contributed by atoms with Crippen LogP contribution in [0, 0.1) is 11.3 Å². The van der Waals surface area contributed by atoms with E-state index in [0.717, 1.165) is 0 Å². The van der Waals surface area contributed by atoms with Crippen LogP contribution in [0.2, 0.25) is 0 Å². The second-order valence-corrected chi connectivity index (χ2v) is 5.92. The Balaban J connectivity index is 2.08. The van der Waals surface area contributed by atoms with Crippen LogP contribution in [0.4, 0.5) is 0 Å². The maximum absolute atomic E-state index is 12.9. The third-order valence-electron chi connectivity index (χ3n) is 4.17. The predicted octanol–water partition coefficient (Wildman–Crippen LogP) is 0.318. The molecule has 27 heavy (non-hydrogen) atoms. The molecule has 0 bridgehead atoms. The number of hydrogen-bond donors (Lipinski definition) is 3. The number of ether oxygens (including phenoxy) is 1. The number of amides is 1. The van der Waals surface area contributed by atoms with Gasteiger partial charge in [-0.15, -0.1) is 0 Å². The zero-order valence-electron chi connectivity index (χ0n) is 14.1. The van der Waals surface area contributed by atoms with E-state index in [1.54, 1.807) is 24.3 Å². The summed E-state index contributed by atoms with van der Waals surface area (Å²) >= 11 is 0. The molecule has 9 nitrogen and oxygen atoms in total. The van der Waals surface area contributed by atoms with Gasteiger partial charge in [0.05, 0.1) is 37.1 Å². The number of carboxylic acids is 1. The maximum atomic E-state index is 12.9. The second kappa shape index (κ2) is 7.31. The number of hydrogen-bond acceptors (Lipinski definition) is 6. The van der Waals surface area contributed by atoms with Crippen LogP contribution < -0.4 is 10.9 Å². The first kappa shape index (κ1) is 18.2. The SMILES string of the molecule is N#Cc1cccc(Cn2c3c(c(O)c(C(=O)NCC(=O)O)c2=O)COC3)c1. The highest BCUT2D eigenvalue weighted by Gasteiger charge is 2.29. The third-order valence-corrected chi connectivity index (χ3v) is 4.17. The van der Waals surface area contributed by atoms with E-state index in [1.807, 2.05) is 6.07 Å². The molecule has 1 aliphatic rings. The molecule has 3 rings (SSSR count). The fraction of sp³-hybridized carbons (Fsp3) is 0.222. The molecule has 9 heteroatoms. The number of rotatable bonds is 5. The van der Waals surface area contributed by atoms with Crippen molar-refractivity contribution < 1.29 is 24.5 Å². The Hall–Kier alpha value is -3.64. The highest BCUT2D eigenvalue weighted by molar-refractivity contribution is 5.98. The standard InChI is InChI=1S/C18H15N3O6/c19-5-10-2-1-3-11(4-10)7-21-13-9-27-8-12(13)16(24)15(18(21)26)17(25)20-6-14(22)23/h1-4,24H,6-9H2,(H,20,25)(H,22,23). The lowest BCUT2D eigenvalue weighted by Gasteiger charge is -2.15. The third kappa shape index (κ3) is 3.51. The first-order valence-electron chi connectivity index (χ1n) is 7.96. The van der Waals surface area contributed by atoms with Crippen molar-refractivity contribution in [2.45, 2.75) is 19.8 Å². The number of nitrogens with zero attached hydrogens (tertiary/aromatic N) is 2. The molecule has 0 saturated heterocycles. The number of aromatic nitrogens is 1. The van der Waals surface area contributed by atoms with E-state index in [4.69, 9.17) is 15.1 Å². The fourth-order valence-corrected chi connectivity index (χ4v) is 2.91. The van der Waals surface area contributed by atoms with Crippen molar-refractivity contribution in [1.29, 1.82) is 5.26 Å². The van der Waals surface area contributed by atoms with Crippen molar-refractivity contribution in [2.75, 3.05) is 6.54 Å². The fourth-order valence-electron chi connectivity index (χ4n) is 2.91. The van der Waals surface area contributed by atoms with Crippen LogP contribution in [0.1, 0.15) is 32.7 Å². The Kier molecular flexibility index (Phi) is 4.92. The van der Waals surface area contributed by atoms with E-state index in [2.05, 4.69) is 5.32 Å². The molecule has 1 amide bonds. The Labute approximate surface area is 153 Å². The highest BCUT2D eigenvalue weighted by atomic mass is 16.5. The summed E-state index contributed by atoms with van der Waals surface area (Å²) in [5.41, 5.74) is 0.541. The largest absolute Gasteiger partial charge is 0.506 e. The van der Waals surface area contributed by atoms with Gasteiger partial charge in [-0.3, -0.25) is 14.4 Å². The summed E-state index contributed by atoms with van der Waals surface area (Å²) < 4.78 is 6.61. The van der Waals surface area contributed by atoms with Crippen molar-refractivity contribution in [2.24, 2.45) is 0 Å². The lowest BCUT2D eigenvalue weighted by atomic mass is 10.1. The average Bonchev–Trinajstić information content (AvgIpc) is 3.13. The summed E-state index contributed by atoms with van der Waals surface area (Å²) in [7, 11) is 0. The smallest absolute Gasteiger partial charge is 0.322 e. The summed E-state index contributed by atoms with van der Waals surface area (Å²) in [6.45, 7) is -0.499. The van der Waals surface area contributed by atoms with Crippen LogP contribution in [-0.4, -0.2) is 33.2 Å². The van der Waals surface area contributed by atoms with Crippen LogP contribution in [0.3, 0.4) is 0 Å². The molecule has 0 unspecified atom stereocenters. The number of pyridine rings is 1. The molecule has 2 heterocycles. The quantitative estimate of drug-likeness (QED) is 0.689. The lowest BCUT2D eigenvalue weighted by molar-refractivity contribution is -0.135. The van der Waals surface area contributed by atoms with Crippen molar-refractivity contribution in [3.8, 4) is 11.8 Å². The molecule has 0 radical (unpaired) electrons. The number of nitrogens with one attached hydrogen (secondary N) is 1. The van der Waals surface area contributed by atoms with Gasteiger partial charge < -0.3 is 24.8 Å². The van der Waals surface area contributed by atoms with Crippen molar-refractivity contribution in [3.63, 3.8) is 0 Å². The van der Waals surface area contributed by atoms with Gasteiger partial charge in [-0.2, -0.15) is 5.26 Å². The first-order chi connectivity index (χ1) is 12.9. The molecular weight excluding hydrogens is 354 g/mol. The molecule has 138 valence electrons. The van der Waals surface area contributed by atoms with Gasteiger partial charge in [0, 0.05) is 5.56 Å². The van der Waals surface area contributed by atoms with Gasteiger partial charge >= 0.3 is 5.97 Å². The van der Waals surface area contributed by atoms with Gasteiger partial charge in [0.15, 0.2) is 0 Å². The molecule has 1 aliphatic heterocycles. The number of nitriles is 1. The molecule has 0 atom stereocenters. The summed E-state index contributed by atoms with van der Waals surface area (Å²) in [5.74, 6) is -2.76. The Morgan fingerprint density at radius 2 is 2.11 bits per heavy atom. The van der Waals surface area contributed by atoms with E-state index in [0.29, 0.717) is 22.4 Å². The van der Waals surface area contributed by atoms with E-state index < -0.39 is 35.3 Å². The Bertz CT molecular complexity index is 1030. The normalized spacial score (nSPS) is 12.3. The predicted molar refractivity (Wildman–Crippen MR) is 91.1 cm³/mol. The van der Waals surface area contributed by atoms with Crippen LogP contribution >= 0.6 is 0 Å². The monoisotopic (exact) mass is 369 g/mol. The van der Waals surface area contributed by atoms with Gasteiger partial charge in [-0.25, -0.2) is 0 Å². The Morgan fingerprint density at radius 1 is 1.33 bits per heavy atom. The minimum absolute atomic E-state index is 0.0267. The summed E-state index contributed by atoms with van der Waals surface area (Å²) in [5, 5.41) is 30.2. The number of benzene rings is 1. The molecule has 2 aromatic rings. The van der Waals surface area contributed by atoms with Crippen LogP contribution in [-0.2, 0) is 29.3 Å². The average molecular weight is 369 g/mol. The van der Waals surface area contributed by atoms with Gasteiger partial charge in [0.25, 0.3) is 11.5 Å². The van der Waals surface area contributed by atoms with Gasteiger partial charge in [-0.05, 0) is 17.7 Å². The minimum Gasteiger partial charge on any atom is -0.506 e. The van der Waals surface area contributed by atoms with Gasteiger partial charge in [-0.1, -0.05) is 12.1 Å². The van der Waals surface area contributed by atoms with Crippen LogP contribution in [0.25, 0.3) is 0 Å². The van der Waals surface area contributed by atoms with Crippen LogP contribution in [0.5, 0.6) is 5.75 Å². The summed E-state index contributed by atoms with van der Waals surface area (Å²) in [6, 6.07) is 8.66. The summed E-state index contributed by atoms with van der Waals surface area (Å²) in [4.78, 5) is 35.8. The summed E-state index contributed by atoms with van der Waals surface area (Å²) in [6.07, 6.45) is 0. The topological polar surface area (TPSA) is 142 Å². The van der Waals surface area contributed by atoms with E-state index in [1.165, 1.54) is 4.57 Å². The number of aromatic hydroxyl groups is 1. The Morgan fingerprint density at radius 3 is 2.81 bits per heavy atom. The number of fused-ring (bicyclic) bond motifs is 1. The zero-order valence-corrected chi connectivity index (χ0v) is 14.1. The second-order valence-electron chi connectivity index (χ2n) is 5.92. The van der Waals surface area contributed by atoms with Crippen molar-refractivity contribution in [3.05, 3.63) is 62.6 Å².